The standard InChI is InChI=1S/C20H17NO4/c1-13(19(22)21-17-9-6-15(7-10-17)20(23)24)25-18-11-8-14-4-2-3-5-16(14)12-18/h2-13H,1H3,(H,21,22)(H,23,24). The predicted octanol–water partition coefficient (Wildman–Crippen LogP) is 3.94. The number of fused-ring (bicyclic) bond motifs is 1. The van der Waals surface area contributed by atoms with Crippen LogP contribution in [0, 0.1) is 0 Å². The lowest BCUT2D eigenvalue weighted by Gasteiger charge is -2.15. The summed E-state index contributed by atoms with van der Waals surface area (Å²) in [6, 6.07) is 19.5. The zero-order chi connectivity index (χ0) is 17.8. The molecule has 0 heterocycles. The lowest BCUT2D eigenvalue weighted by Crippen LogP contribution is -2.30. The molecule has 126 valence electrons. The summed E-state index contributed by atoms with van der Waals surface area (Å²) >= 11 is 0. The van der Waals surface area contributed by atoms with Crippen LogP contribution in [-0.2, 0) is 4.79 Å². The molecule has 3 rings (SSSR count). The van der Waals surface area contributed by atoms with Gasteiger partial charge in [-0.3, -0.25) is 4.79 Å². The Morgan fingerprint density at radius 3 is 2.32 bits per heavy atom. The van der Waals surface area contributed by atoms with Gasteiger partial charge in [-0.25, -0.2) is 4.79 Å². The number of carbonyl (C=O) groups excluding carboxylic acids is 1. The van der Waals surface area contributed by atoms with Gasteiger partial charge in [0.05, 0.1) is 5.56 Å². The summed E-state index contributed by atoms with van der Waals surface area (Å²) in [5, 5.41) is 13.7. The molecule has 0 spiro atoms. The van der Waals surface area contributed by atoms with Crippen LogP contribution in [0.1, 0.15) is 17.3 Å². The molecule has 3 aromatic carbocycles. The summed E-state index contributed by atoms with van der Waals surface area (Å²) in [4.78, 5) is 23.1. The van der Waals surface area contributed by atoms with Crippen LogP contribution in [0.3, 0.4) is 0 Å². The van der Waals surface area contributed by atoms with Gasteiger partial charge < -0.3 is 15.2 Å². The van der Waals surface area contributed by atoms with Crippen molar-refractivity contribution in [2.75, 3.05) is 5.32 Å². The quantitative estimate of drug-likeness (QED) is 0.740. The molecule has 1 unspecified atom stereocenters. The third-order valence-electron chi connectivity index (χ3n) is 3.80. The highest BCUT2D eigenvalue weighted by atomic mass is 16.5. The van der Waals surface area contributed by atoms with E-state index in [2.05, 4.69) is 5.32 Å². The molecule has 0 bridgehead atoms. The number of benzene rings is 3. The minimum absolute atomic E-state index is 0.165. The highest BCUT2D eigenvalue weighted by molar-refractivity contribution is 5.95. The lowest BCUT2D eigenvalue weighted by molar-refractivity contribution is -0.122. The summed E-state index contributed by atoms with van der Waals surface area (Å²) in [5.41, 5.74) is 0.683. The second-order valence-electron chi connectivity index (χ2n) is 5.64. The smallest absolute Gasteiger partial charge is 0.335 e. The van der Waals surface area contributed by atoms with Crippen LogP contribution in [0.15, 0.2) is 66.7 Å². The number of anilines is 1. The summed E-state index contributed by atoms with van der Waals surface area (Å²) in [6.45, 7) is 1.66. The number of rotatable bonds is 5. The van der Waals surface area contributed by atoms with Gasteiger partial charge in [-0.1, -0.05) is 30.3 Å². The first-order valence-electron chi connectivity index (χ1n) is 7.82. The molecule has 0 aliphatic carbocycles. The van der Waals surface area contributed by atoms with Crippen molar-refractivity contribution in [2.24, 2.45) is 0 Å². The van der Waals surface area contributed by atoms with Crippen LogP contribution in [0.25, 0.3) is 10.8 Å². The van der Waals surface area contributed by atoms with E-state index in [-0.39, 0.29) is 11.5 Å². The maximum atomic E-state index is 12.2. The Hall–Kier alpha value is -3.34. The number of hydrogen-bond acceptors (Lipinski definition) is 3. The largest absolute Gasteiger partial charge is 0.481 e. The SMILES string of the molecule is CC(Oc1ccc2ccccc2c1)C(=O)Nc1ccc(C(=O)O)cc1. The normalized spacial score (nSPS) is 11.7. The number of ether oxygens (including phenoxy) is 1. The Labute approximate surface area is 144 Å². The molecule has 0 aromatic heterocycles. The van der Waals surface area contributed by atoms with E-state index in [1.807, 2.05) is 42.5 Å². The first-order valence-corrected chi connectivity index (χ1v) is 7.82. The minimum Gasteiger partial charge on any atom is -0.481 e. The van der Waals surface area contributed by atoms with Crippen molar-refractivity contribution in [1.29, 1.82) is 0 Å². The molecule has 0 fully saturated rings. The summed E-state index contributed by atoms with van der Waals surface area (Å²) in [6.07, 6.45) is -0.694. The molecule has 0 saturated carbocycles. The molecule has 0 aliphatic heterocycles. The van der Waals surface area contributed by atoms with E-state index >= 15 is 0 Å². The number of nitrogens with one attached hydrogen (secondary N) is 1. The number of hydrogen-bond donors (Lipinski definition) is 2. The van der Waals surface area contributed by atoms with E-state index in [1.54, 1.807) is 19.1 Å². The Balaban J connectivity index is 1.66. The van der Waals surface area contributed by atoms with E-state index in [0.29, 0.717) is 11.4 Å². The van der Waals surface area contributed by atoms with Gasteiger partial charge in [-0.15, -0.1) is 0 Å². The topological polar surface area (TPSA) is 75.6 Å². The predicted molar refractivity (Wildman–Crippen MR) is 96.1 cm³/mol. The third-order valence-corrected chi connectivity index (χ3v) is 3.80. The molecule has 0 saturated heterocycles. The Kier molecular flexibility index (Phi) is 4.66. The maximum absolute atomic E-state index is 12.2. The highest BCUT2D eigenvalue weighted by Gasteiger charge is 2.15. The van der Waals surface area contributed by atoms with Crippen LogP contribution in [0.4, 0.5) is 5.69 Å². The number of carboxylic acid groups (broad SMARTS) is 1. The minimum atomic E-state index is -1.01. The Morgan fingerprint density at radius 2 is 1.64 bits per heavy atom. The van der Waals surface area contributed by atoms with Crippen molar-refractivity contribution in [1.82, 2.24) is 0 Å². The van der Waals surface area contributed by atoms with Gasteiger partial charge in [0.15, 0.2) is 6.10 Å². The monoisotopic (exact) mass is 335 g/mol. The fourth-order valence-electron chi connectivity index (χ4n) is 2.44. The van der Waals surface area contributed by atoms with Gasteiger partial charge >= 0.3 is 5.97 Å². The first kappa shape index (κ1) is 16.5. The van der Waals surface area contributed by atoms with E-state index in [1.165, 1.54) is 12.1 Å². The zero-order valence-corrected chi connectivity index (χ0v) is 13.6. The van der Waals surface area contributed by atoms with E-state index < -0.39 is 12.1 Å². The molecule has 5 nitrogen and oxygen atoms in total. The van der Waals surface area contributed by atoms with Gasteiger partial charge in [0.2, 0.25) is 0 Å². The van der Waals surface area contributed by atoms with Crippen molar-refractivity contribution in [2.45, 2.75) is 13.0 Å². The van der Waals surface area contributed by atoms with Crippen molar-refractivity contribution >= 4 is 28.3 Å². The van der Waals surface area contributed by atoms with Gasteiger partial charge in [-0.2, -0.15) is 0 Å². The highest BCUT2D eigenvalue weighted by Crippen LogP contribution is 2.21. The second kappa shape index (κ2) is 7.05. The van der Waals surface area contributed by atoms with Crippen molar-refractivity contribution < 1.29 is 19.4 Å². The van der Waals surface area contributed by atoms with Crippen LogP contribution >= 0.6 is 0 Å². The van der Waals surface area contributed by atoms with Gasteiger partial charge in [0.25, 0.3) is 5.91 Å². The molecule has 25 heavy (non-hydrogen) atoms. The number of amides is 1. The van der Waals surface area contributed by atoms with Crippen molar-refractivity contribution in [3.63, 3.8) is 0 Å². The molecule has 3 aromatic rings. The molecule has 2 N–H and O–H groups in total. The van der Waals surface area contributed by atoms with E-state index in [9.17, 15) is 9.59 Å². The third kappa shape index (κ3) is 3.95. The van der Waals surface area contributed by atoms with Gasteiger partial charge in [-0.05, 0) is 54.1 Å². The van der Waals surface area contributed by atoms with Crippen LogP contribution in [0.2, 0.25) is 0 Å². The van der Waals surface area contributed by atoms with Crippen LogP contribution in [-0.4, -0.2) is 23.1 Å². The average molecular weight is 335 g/mol. The molecular weight excluding hydrogens is 318 g/mol. The summed E-state index contributed by atoms with van der Waals surface area (Å²) < 4.78 is 5.71. The first-order chi connectivity index (χ1) is 12.0. The molecule has 0 radical (unpaired) electrons. The van der Waals surface area contributed by atoms with Crippen molar-refractivity contribution in [3.05, 3.63) is 72.3 Å². The number of carbonyl (C=O) groups is 2. The maximum Gasteiger partial charge on any atom is 0.335 e. The summed E-state index contributed by atoms with van der Waals surface area (Å²) in [5.74, 6) is -0.704. The Morgan fingerprint density at radius 1 is 0.960 bits per heavy atom. The average Bonchev–Trinajstić information content (AvgIpc) is 2.62. The van der Waals surface area contributed by atoms with Crippen molar-refractivity contribution in [3.8, 4) is 5.75 Å². The number of aromatic carboxylic acids is 1. The van der Waals surface area contributed by atoms with Gasteiger partial charge in [0, 0.05) is 5.69 Å². The molecule has 1 atom stereocenters. The van der Waals surface area contributed by atoms with Crippen LogP contribution < -0.4 is 10.1 Å². The van der Waals surface area contributed by atoms with E-state index in [0.717, 1.165) is 10.8 Å². The molecule has 0 aliphatic rings. The number of carboxylic acids is 1. The van der Waals surface area contributed by atoms with Gasteiger partial charge in [0.1, 0.15) is 5.75 Å². The lowest BCUT2D eigenvalue weighted by atomic mass is 10.1. The fourth-order valence-corrected chi connectivity index (χ4v) is 2.44. The molecule has 5 heteroatoms. The molecular formula is C20H17NO4. The fraction of sp³-hybridized carbons (Fsp3) is 0.100. The second-order valence-corrected chi connectivity index (χ2v) is 5.64. The zero-order valence-electron chi connectivity index (χ0n) is 13.6. The Bertz CT molecular complexity index is 918. The van der Waals surface area contributed by atoms with E-state index in [4.69, 9.17) is 9.84 Å². The molecule has 1 amide bonds. The summed E-state index contributed by atoms with van der Waals surface area (Å²) in [7, 11) is 0. The van der Waals surface area contributed by atoms with Crippen LogP contribution in [0.5, 0.6) is 5.75 Å².